The molecule has 1 aliphatic carbocycles. The average Bonchev–Trinajstić information content (AvgIpc) is 2.38. The molecule has 20 heavy (non-hydrogen) atoms. The molecule has 0 saturated carbocycles. The minimum absolute atomic E-state index is 0.00172. The third-order valence-corrected chi connectivity index (χ3v) is 3.70. The Morgan fingerprint density at radius 2 is 1.90 bits per heavy atom. The van der Waals surface area contributed by atoms with Crippen molar-refractivity contribution in [3.05, 3.63) is 53.4 Å². The van der Waals surface area contributed by atoms with Gasteiger partial charge in [-0.3, -0.25) is 0 Å². The average molecular weight is 271 g/mol. The molecule has 1 aromatic carbocycles. The van der Waals surface area contributed by atoms with Crippen LogP contribution in [0.1, 0.15) is 45.6 Å². The first-order valence-electron chi connectivity index (χ1n) is 7.43. The van der Waals surface area contributed by atoms with Crippen molar-refractivity contribution >= 4 is 5.57 Å². The summed E-state index contributed by atoms with van der Waals surface area (Å²) >= 11 is 0. The van der Waals surface area contributed by atoms with Gasteiger partial charge < -0.3 is 10.5 Å². The van der Waals surface area contributed by atoms with Crippen molar-refractivity contribution in [3.8, 4) is 0 Å². The van der Waals surface area contributed by atoms with Crippen molar-refractivity contribution in [2.45, 2.75) is 40.0 Å². The van der Waals surface area contributed by atoms with Crippen molar-refractivity contribution < 1.29 is 4.74 Å². The number of hydrogen-bond acceptors (Lipinski definition) is 2. The molecule has 0 atom stereocenters. The SMILES string of the molecule is CCCCOC1=C(c2ccccc2)C(C)(C)CC(N)=C1. The first-order chi connectivity index (χ1) is 9.54. The fraction of sp³-hybridized carbons (Fsp3) is 0.444. The Morgan fingerprint density at radius 1 is 1.20 bits per heavy atom. The van der Waals surface area contributed by atoms with Crippen molar-refractivity contribution in [3.63, 3.8) is 0 Å². The Labute approximate surface area is 122 Å². The number of benzene rings is 1. The number of unbranched alkanes of at least 4 members (excludes halogenated alkanes) is 1. The van der Waals surface area contributed by atoms with E-state index in [9.17, 15) is 0 Å². The predicted octanol–water partition coefficient (Wildman–Crippen LogP) is 4.49. The van der Waals surface area contributed by atoms with Crippen LogP contribution in [0.25, 0.3) is 5.57 Å². The van der Waals surface area contributed by atoms with Gasteiger partial charge in [-0.2, -0.15) is 0 Å². The molecule has 108 valence electrons. The van der Waals surface area contributed by atoms with Gasteiger partial charge in [-0.15, -0.1) is 0 Å². The van der Waals surface area contributed by atoms with Crippen LogP contribution in [0, 0.1) is 5.41 Å². The van der Waals surface area contributed by atoms with Crippen molar-refractivity contribution in [1.29, 1.82) is 0 Å². The molecule has 2 nitrogen and oxygen atoms in total. The second-order valence-corrected chi connectivity index (χ2v) is 6.09. The summed E-state index contributed by atoms with van der Waals surface area (Å²) in [5.74, 6) is 0.943. The summed E-state index contributed by atoms with van der Waals surface area (Å²) in [5, 5.41) is 0. The second kappa shape index (κ2) is 6.17. The highest BCUT2D eigenvalue weighted by Crippen LogP contribution is 2.44. The normalized spacial score (nSPS) is 17.9. The van der Waals surface area contributed by atoms with E-state index in [1.54, 1.807) is 0 Å². The second-order valence-electron chi connectivity index (χ2n) is 6.09. The van der Waals surface area contributed by atoms with Crippen LogP contribution in [0.5, 0.6) is 0 Å². The maximum Gasteiger partial charge on any atom is 0.125 e. The molecule has 0 bridgehead atoms. The molecule has 0 fully saturated rings. The Balaban J connectivity index is 2.42. The van der Waals surface area contributed by atoms with E-state index in [0.717, 1.165) is 37.3 Å². The lowest BCUT2D eigenvalue weighted by Gasteiger charge is -2.34. The maximum atomic E-state index is 6.09. The molecule has 0 aromatic heterocycles. The smallest absolute Gasteiger partial charge is 0.125 e. The Kier molecular flexibility index (Phi) is 4.53. The molecule has 0 radical (unpaired) electrons. The Hall–Kier alpha value is -1.70. The van der Waals surface area contributed by atoms with Crippen molar-refractivity contribution in [2.75, 3.05) is 6.61 Å². The predicted molar refractivity (Wildman–Crippen MR) is 84.9 cm³/mol. The Morgan fingerprint density at radius 3 is 2.55 bits per heavy atom. The van der Waals surface area contributed by atoms with E-state index in [4.69, 9.17) is 10.5 Å². The van der Waals surface area contributed by atoms with Crippen LogP contribution < -0.4 is 5.73 Å². The van der Waals surface area contributed by atoms with Gasteiger partial charge in [0.05, 0.1) is 6.61 Å². The Bertz CT molecular complexity index is 511. The van der Waals surface area contributed by atoms with E-state index < -0.39 is 0 Å². The maximum absolute atomic E-state index is 6.09. The molecule has 0 unspecified atom stereocenters. The van der Waals surface area contributed by atoms with Gasteiger partial charge in [0.15, 0.2) is 0 Å². The number of nitrogens with two attached hydrogens (primary N) is 1. The summed E-state index contributed by atoms with van der Waals surface area (Å²) in [6.45, 7) is 7.39. The number of rotatable bonds is 5. The molecular formula is C18H25NO. The van der Waals surface area contributed by atoms with Crippen LogP contribution in [-0.4, -0.2) is 6.61 Å². The van der Waals surface area contributed by atoms with Gasteiger partial charge in [0.25, 0.3) is 0 Å². The van der Waals surface area contributed by atoms with E-state index in [0.29, 0.717) is 0 Å². The molecule has 1 aromatic rings. The summed E-state index contributed by atoms with van der Waals surface area (Å²) in [7, 11) is 0. The number of allylic oxidation sites excluding steroid dienone is 3. The summed E-state index contributed by atoms with van der Waals surface area (Å²) in [6.07, 6.45) is 5.08. The number of hydrogen-bond donors (Lipinski definition) is 1. The fourth-order valence-electron chi connectivity index (χ4n) is 2.80. The van der Waals surface area contributed by atoms with Crippen LogP contribution in [0.15, 0.2) is 47.9 Å². The van der Waals surface area contributed by atoms with E-state index >= 15 is 0 Å². The van der Waals surface area contributed by atoms with Crippen molar-refractivity contribution in [2.24, 2.45) is 11.1 Å². The largest absolute Gasteiger partial charge is 0.493 e. The molecule has 0 amide bonds. The first kappa shape index (κ1) is 14.7. The standard InChI is InChI=1S/C18H25NO/c1-4-5-11-20-16-12-15(19)13-18(2,3)17(16)14-9-7-6-8-10-14/h6-10,12H,4-5,11,13,19H2,1-3H3. The molecule has 0 heterocycles. The lowest BCUT2D eigenvalue weighted by atomic mass is 9.73. The third kappa shape index (κ3) is 3.24. The van der Waals surface area contributed by atoms with Gasteiger partial charge in [-0.05, 0) is 29.9 Å². The molecule has 0 spiro atoms. The zero-order chi connectivity index (χ0) is 14.6. The number of ether oxygens (including phenoxy) is 1. The van der Waals surface area contributed by atoms with Crippen LogP contribution in [0.2, 0.25) is 0 Å². The monoisotopic (exact) mass is 271 g/mol. The molecular weight excluding hydrogens is 246 g/mol. The van der Waals surface area contributed by atoms with Crippen LogP contribution in [0.4, 0.5) is 0 Å². The van der Waals surface area contributed by atoms with E-state index in [2.05, 4.69) is 45.0 Å². The first-order valence-corrected chi connectivity index (χ1v) is 7.43. The lowest BCUT2D eigenvalue weighted by Crippen LogP contribution is -2.23. The van der Waals surface area contributed by atoms with Gasteiger partial charge in [0.1, 0.15) is 5.76 Å². The summed E-state index contributed by atoms with van der Waals surface area (Å²) in [4.78, 5) is 0. The van der Waals surface area contributed by atoms with Gasteiger partial charge in [-0.25, -0.2) is 0 Å². The highest BCUT2D eigenvalue weighted by Gasteiger charge is 2.32. The third-order valence-electron chi connectivity index (χ3n) is 3.70. The minimum atomic E-state index is 0.00172. The van der Waals surface area contributed by atoms with Gasteiger partial charge in [0.2, 0.25) is 0 Å². The van der Waals surface area contributed by atoms with Crippen LogP contribution in [-0.2, 0) is 4.74 Å². The fourth-order valence-corrected chi connectivity index (χ4v) is 2.80. The summed E-state index contributed by atoms with van der Waals surface area (Å²) < 4.78 is 6.02. The highest BCUT2D eigenvalue weighted by atomic mass is 16.5. The molecule has 2 N–H and O–H groups in total. The summed E-state index contributed by atoms with van der Waals surface area (Å²) in [6, 6.07) is 10.5. The van der Waals surface area contributed by atoms with Crippen molar-refractivity contribution in [1.82, 2.24) is 0 Å². The van der Waals surface area contributed by atoms with Gasteiger partial charge >= 0.3 is 0 Å². The highest BCUT2D eigenvalue weighted by molar-refractivity contribution is 5.75. The molecule has 0 saturated heterocycles. The lowest BCUT2D eigenvalue weighted by molar-refractivity contribution is 0.214. The molecule has 0 aliphatic heterocycles. The van der Waals surface area contributed by atoms with Crippen LogP contribution >= 0.6 is 0 Å². The van der Waals surface area contributed by atoms with E-state index in [1.165, 1.54) is 11.1 Å². The molecule has 1 aliphatic rings. The van der Waals surface area contributed by atoms with Gasteiger partial charge in [-0.1, -0.05) is 57.5 Å². The zero-order valence-corrected chi connectivity index (χ0v) is 12.8. The molecule has 2 rings (SSSR count). The minimum Gasteiger partial charge on any atom is -0.493 e. The van der Waals surface area contributed by atoms with E-state index in [1.807, 2.05) is 12.1 Å². The quantitative estimate of drug-likeness (QED) is 0.801. The van der Waals surface area contributed by atoms with Crippen LogP contribution in [0.3, 0.4) is 0 Å². The topological polar surface area (TPSA) is 35.2 Å². The van der Waals surface area contributed by atoms with Gasteiger partial charge in [0, 0.05) is 11.3 Å². The summed E-state index contributed by atoms with van der Waals surface area (Å²) in [5.41, 5.74) is 9.49. The zero-order valence-electron chi connectivity index (χ0n) is 12.8. The molecule has 2 heteroatoms. The van der Waals surface area contributed by atoms with E-state index in [-0.39, 0.29) is 5.41 Å².